The lowest BCUT2D eigenvalue weighted by Crippen LogP contribution is -2.51. The second-order valence-electron chi connectivity index (χ2n) is 8.70. The predicted molar refractivity (Wildman–Crippen MR) is 121 cm³/mol. The predicted octanol–water partition coefficient (Wildman–Crippen LogP) is 3.69. The minimum atomic E-state index is -0.377. The quantitative estimate of drug-likeness (QED) is 0.800. The van der Waals surface area contributed by atoms with Gasteiger partial charge in [-0.05, 0) is 30.0 Å². The lowest BCUT2D eigenvalue weighted by Gasteiger charge is -2.35. The van der Waals surface area contributed by atoms with Gasteiger partial charge in [0.1, 0.15) is 5.56 Å². The average Bonchev–Trinajstić information content (AvgIpc) is 2.83. The Hall–Kier alpha value is -2.89. The fourth-order valence-corrected chi connectivity index (χ4v) is 4.72. The van der Waals surface area contributed by atoms with Crippen LogP contribution in [0.1, 0.15) is 55.3 Å². The Morgan fingerprint density at radius 1 is 0.871 bits per heavy atom. The number of hydrogen-bond donors (Lipinski definition) is 1. The summed E-state index contributed by atoms with van der Waals surface area (Å²) >= 11 is 0. The third-order valence-corrected chi connectivity index (χ3v) is 6.64. The molecular weight excluding hydrogens is 390 g/mol. The summed E-state index contributed by atoms with van der Waals surface area (Å²) in [6.45, 7) is 2.01. The first kappa shape index (κ1) is 21.3. The van der Waals surface area contributed by atoms with Gasteiger partial charge in [0.2, 0.25) is 5.91 Å². The van der Waals surface area contributed by atoms with Crippen molar-refractivity contribution in [3.8, 4) is 11.3 Å². The van der Waals surface area contributed by atoms with E-state index in [0.29, 0.717) is 44.2 Å². The summed E-state index contributed by atoms with van der Waals surface area (Å²) in [6, 6.07) is 12.9. The van der Waals surface area contributed by atoms with Gasteiger partial charge in [0.15, 0.2) is 0 Å². The van der Waals surface area contributed by atoms with Crippen molar-refractivity contribution >= 4 is 11.8 Å². The summed E-state index contributed by atoms with van der Waals surface area (Å²) in [7, 11) is 0. The molecule has 2 aliphatic rings. The zero-order valence-corrected chi connectivity index (χ0v) is 18.0. The van der Waals surface area contributed by atoms with Crippen molar-refractivity contribution in [3.63, 3.8) is 0 Å². The van der Waals surface area contributed by atoms with Crippen molar-refractivity contribution in [3.05, 3.63) is 58.4 Å². The van der Waals surface area contributed by atoms with E-state index in [2.05, 4.69) is 4.98 Å². The van der Waals surface area contributed by atoms with E-state index in [1.165, 1.54) is 32.1 Å². The van der Waals surface area contributed by atoms with Gasteiger partial charge in [-0.3, -0.25) is 14.4 Å². The maximum Gasteiger partial charge on any atom is 0.261 e. The molecule has 0 bridgehead atoms. The molecule has 2 heterocycles. The Morgan fingerprint density at radius 3 is 2.23 bits per heavy atom. The van der Waals surface area contributed by atoms with Gasteiger partial charge in [0.05, 0.1) is 0 Å². The van der Waals surface area contributed by atoms with Gasteiger partial charge in [-0.15, -0.1) is 0 Å². The molecule has 2 aromatic rings. The Bertz CT molecular complexity index is 955. The number of rotatable bonds is 5. The van der Waals surface area contributed by atoms with E-state index in [-0.39, 0.29) is 22.9 Å². The highest BCUT2D eigenvalue weighted by atomic mass is 16.2. The van der Waals surface area contributed by atoms with Crippen molar-refractivity contribution in [2.24, 2.45) is 5.92 Å². The van der Waals surface area contributed by atoms with Crippen LogP contribution in [-0.4, -0.2) is 52.8 Å². The van der Waals surface area contributed by atoms with Crippen LogP contribution in [0.25, 0.3) is 11.3 Å². The van der Waals surface area contributed by atoms with Crippen LogP contribution in [0.4, 0.5) is 0 Å². The molecule has 2 amide bonds. The van der Waals surface area contributed by atoms with E-state index in [1.807, 2.05) is 35.2 Å². The SMILES string of the molecule is O=C(CCC1CCCCC1)N1CCN(C(=O)c2ccc(-c3ccccc3)[nH]c2=O)CC1. The summed E-state index contributed by atoms with van der Waals surface area (Å²) in [5, 5.41) is 0. The smallest absolute Gasteiger partial charge is 0.261 e. The largest absolute Gasteiger partial charge is 0.339 e. The number of carbonyl (C=O) groups excluding carboxylic acids is 2. The van der Waals surface area contributed by atoms with Crippen molar-refractivity contribution in [2.45, 2.75) is 44.9 Å². The highest BCUT2D eigenvalue weighted by Gasteiger charge is 2.26. The summed E-state index contributed by atoms with van der Waals surface area (Å²) in [5.74, 6) is 0.629. The van der Waals surface area contributed by atoms with Crippen LogP contribution in [-0.2, 0) is 4.79 Å². The Balaban J connectivity index is 1.31. The molecule has 0 radical (unpaired) electrons. The van der Waals surface area contributed by atoms with Crippen LogP contribution in [0.15, 0.2) is 47.3 Å². The van der Waals surface area contributed by atoms with Crippen molar-refractivity contribution in [1.82, 2.24) is 14.8 Å². The number of H-pyrrole nitrogens is 1. The zero-order valence-electron chi connectivity index (χ0n) is 18.0. The van der Waals surface area contributed by atoms with Crippen molar-refractivity contribution in [2.75, 3.05) is 26.2 Å². The third kappa shape index (κ3) is 5.24. The maximum absolute atomic E-state index is 12.9. The fourth-order valence-electron chi connectivity index (χ4n) is 4.72. The molecule has 4 rings (SSSR count). The number of nitrogens with one attached hydrogen (secondary N) is 1. The second-order valence-corrected chi connectivity index (χ2v) is 8.70. The topological polar surface area (TPSA) is 73.5 Å². The number of pyridine rings is 1. The minimum Gasteiger partial charge on any atom is -0.339 e. The van der Waals surface area contributed by atoms with Crippen LogP contribution in [0.2, 0.25) is 0 Å². The molecule has 1 aliphatic carbocycles. The second kappa shape index (κ2) is 9.94. The van der Waals surface area contributed by atoms with E-state index < -0.39 is 0 Å². The summed E-state index contributed by atoms with van der Waals surface area (Å²) in [5.41, 5.74) is 1.36. The molecule has 0 spiro atoms. The fraction of sp³-hybridized carbons (Fsp3) is 0.480. The van der Waals surface area contributed by atoms with Gasteiger partial charge in [-0.2, -0.15) is 0 Å². The highest BCUT2D eigenvalue weighted by molar-refractivity contribution is 5.94. The summed E-state index contributed by atoms with van der Waals surface area (Å²) in [6.07, 6.45) is 8.04. The molecule has 1 saturated carbocycles. The zero-order chi connectivity index (χ0) is 21.6. The molecule has 6 nitrogen and oxygen atoms in total. The molecule has 164 valence electrons. The standard InChI is InChI=1S/C25H31N3O3/c29-23(14-11-19-7-3-1-4-8-19)27-15-17-28(18-16-27)25(31)21-12-13-22(26-24(21)30)20-9-5-2-6-10-20/h2,5-6,9-10,12-13,19H,1,3-4,7-8,11,14-18H2,(H,26,30). The molecule has 0 unspecified atom stereocenters. The normalized spacial score (nSPS) is 17.5. The molecule has 2 fully saturated rings. The van der Waals surface area contributed by atoms with E-state index in [1.54, 1.807) is 17.0 Å². The first-order chi connectivity index (χ1) is 15.1. The minimum absolute atomic E-state index is 0.150. The Kier molecular flexibility index (Phi) is 6.85. The average molecular weight is 422 g/mol. The Morgan fingerprint density at radius 2 is 1.55 bits per heavy atom. The third-order valence-electron chi connectivity index (χ3n) is 6.64. The first-order valence-corrected chi connectivity index (χ1v) is 11.5. The number of nitrogens with zero attached hydrogens (tertiary/aromatic N) is 2. The van der Waals surface area contributed by atoms with Crippen LogP contribution >= 0.6 is 0 Å². The van der Waals surface area contributed by atoms with E-state index in [9.17, 15) is 14.4 Å². The van der Waals surface area contributed by atoms with Crippen LogP contribution in [0, 0.1) is 5.92 Å². The first-order valence-electron chi connectivity index (χ1n) is 11.5. The molecular formula is C25H31N3O3. The molecule has 1 N–H and O–H groups in total. The number of piperazine rings is 1. The monoisotopic (exact) mass is 421 g/mol. The van der Waals surface area contributed by atoms with Gasteiger partial charge >= 0.3 is 0 Å². The lowest BCUT2D eigenvalue weighted by molar-refractivity contribution is -0.133. The van der Waals surface area contributed by atoms with E-state index in [0.717, 1.165) is 12.0 Å². The number of carbonyl (C=O) groups is 2. The van der Waals surface area contributed by atoms with Crippen molar-refractivity contribution in [1.29, 1.82) is 0 Å². The molecule has 6 heteroatoms. The summed E-state index contributed by atoms with van der Waals surface area (Å²) < 4.78 is 0. The summed E-state index contributed by atoms with van der Waals surface area (Å²) in [4.78, 5) is 44.4. The lowest BCUT2D eigenvalue weighted by atomic mass is 9.86. The highest BCUT2D eigenvalue weighted by Crippen LogP contribution is 2.27. The molecule has 0 atom stereocenters. The molecule has 1 aromatic heterocycles. The number of hydrogen-bond acceptors (Lipinski definition) is 3. The van der Waals surface area contributed by atoms with Crippen LogP contribution in [0.5, 0.6) is 0 Å². The van der Waals surface area contributed by atoms with Crippen LogP contribution < -0.4 is 5.56 Å². The van der Waals surface area contributed by atoms with Crippen molar-refractivity contribution < 1.29 is 9.59 Å². The van der Waals surface area contributed by atoms with Gasteiger partial charge in [0.25, 0.3) is 11.5 Å². The number of aromatic nitrogens is 1. The molecule has 31 heavy (non-hydrogen) atoms. The number of benzene rings is 1. The molecule has 1 saturated heterocycles. The van der Waals surface area contributed by atoms with Gasteiger partial charge in [-0.1, -0.05) is 62.4 Å². The van der Waals surface area contributed by atoms with Gasteiger partial charge in [-0.25, -0.2) is 0 Å². The maximum atomic E-state index is 12.9. The van der Waals surface area contributed by atoms with Gasteiger partial charge in [0, 0.05) is 38.3 Å². The molecule has 1 aliphatic heterocycles. The van der Waals surface area contributed by atoms with E-state index >= 15 is 0 Å². The van der Waals surface area contributed by atoms with E-state index in [4.69, 9.17) is 0 Å². The van der Waals surface area contributed by atoms with Crippen LogP contribution in [0.3, 0.4) is 0 Å². The number of aromatic amines is 1. The van der Waals surface area contributed by atoms with Gasteiger partial charge < -0.3 is 14.8 Å². The Labute approximate surface area is 183 Å². The molecule has 1 aromatic carbocycles. The number of amides is 2.